The Hall–Kier alpha value is -2.19. The van der Waals surface area contributed by atoms with Gasteiger partial charge in [0.15, 0.2) is 11.1 Å². The molecule has 1 heterocycles. The Morgan fingerprint density at radius 2 is 1.87 bits per heavy atom. The summed E-state index contributed by atoms with van der Waals surface area (Å²) >= 11 is 6.16. The molecule has 3 rings (SSSR count). The monoisotopic (exact) mass is 328 g/mol. The molecule has 0 saturated heterocycles. The molecule has 1 amide bonds. The maximum atomic E-state index is 12.5. The second-order valence-electron chi connectivity index (χ2n) is 5.79. The second kappa shape index (κ2) is 6.93. The van der Waals surface area contributed by atoms with Crippen molar-refractivity contribution >= 4 is 28.5 Å². The van der Waals surface area contributed by atoms with Crippen LogP contribution in [0.2, 0.25) is 5.15 Å². The van der Waals surface area contributed by atoms with Crippen LogP contribution in [0.5, 0.6) is 0 Å². The van der Waals surface area contributed by atoms with E-state index < -0.39 is 5.92 Å². The van der Waals surface area contributed by atoms with E-state index in [1.165, 1.54) is 6.42 Å². The van der Waals surface area contributed by atoms with Gasteiger partial charge in [0.25, 0.3) is 0 Å². The lowest BCUT2D eigenvalue weighted by atomic mass is 9.94. The first-order valence-electron chi connectivity index (χ1n) is 7.81. The first-order chi connectivity index (χ1) is 11.2. The number of amides is 1. The number of hydrogen-bond acceptors (Lipinski definition) is 4. The highest BCUT2D eigenvalue weighted by Gasteiger charge is 2.28. The van der Waals surface area contributed by atoms with E-state index in [1.807, 2.05) is 18.2 Å². The van der Waals surface area contributed by atoms with Crippen LogP contribution >= 0.6 is 11.6 Å². The number of nitrogens with zero attached hydrogens (tertiary/aromatic N) is 3. The molecule has 1 atom stereocenters. The lowest BCUT2D eigenvalue weighted by Crippen LogP contribution is -2.39. The number of aromatic nitrogens is 2. The minimum absolute atomic E-state index is 0.106. The third-order valence-corrected chi connectivity index (χ3v) is 4.45. The summed E-state index contributed by atoms with van der Waals surface area (Å²) in [7, 11) is 0. The van der Waals surface area contributed by atoms with Crippen LogP contribution in [0.15, 0.2) is 24.3 Å². The summed E-state index contributed by atoms with van der Waals surface area (Å²) in [4.78, 5) is 21.1. The molecule has 5 nitrogen and oxygen atoms in total. The average molecular weight is 329 g/mol. The lowest BCUT2D eigenvalue weighted by molar-refractivity contribution is -0.122. The molecule has 1 saturated carbocycles. The highest BCUT2D eigenvalue weighted by atomic mass is 35.5. The van der Waals surface area contributed by atoms with Gasteiger partial charge < -0.3 is 5.32 Å². The smallest absolute Gasteiger partial charge is 0.243 e. The molecular weight excluding hydrogens is 312 g/mol. The predicted molar refractivity (Wildman–Crippen MR) is 87.9 cm³/mol. The second-order valence-corrected chi connectivity index (χ2v) is 6.15. The van der Waals surface area contributed by atoms with Crippen molar-refractivity contribution in [3.05, 3.63) is 35.1 Å². The lowest BCUT2D eigenvalue weighted by Gasteiger charge is -2.23. The Morgan fingerprint density at radius 1 is 1.22 bits per heavy atom. The summed E-state index contributed by atoms with van der Waals surface area (Å²) in [5.74, 6) is -1.38. The minimum Gasteiger partial charge on any atom is -0.352 e. The van der Waals surface area contributed by atoms with Crippen molar-refractivity contribution < 1.29 is 4.79 Å². The van der Waals surface area contributed by atoms with Crippen LogP contribution in [0.1, 0.15) is 43.7 Å². The Kier molecular flexibility index (Phi) is 4.73. The van der Waals surface area contributed by atoms with Crippen molar-refractivity contribution in [1.29, 1.82) is 5.26 Å². The van der Waals surface area contributed by atoms with Crippen LogP contribution in [0.3, 0.4) is 0 Å². The van der Waals surface area contributed by atoms with E-state index in [-0.39, 0.29) is 22.8 Å². The van der Waals surface area contributed by atoms with Gasteiger partial charge in [0.1, 0.15) is 5.69 Å². The SMILES string of the molecule is N#CC(C(=O)NC1CCCCC1)c1nc2ccccc2nc1Cl. The molecule has 0 aliphatic heterocycles. The predicted octanol–water partition coefficient (Wildman–Crippen LogP) is 3.34. The van der Waals surface area contributed by atoms with Gasteiger partial charge in [0.2, 0.25) is 5.91 Å². The topological polar surface area (TPSA) is 78.7 Å². The van der Waals surface area contributed by atoms with Crippen molar-refractivity contribution in [2.24, 2.45) is 0 Å². The zero-order valence-electron chi connectivity index (χ0n) is 12.6. The fourth-order valence-electron chi connectivity index (χ4n) is 2.95. The average Bonchev–Trinajstić information content (AvgIpc) is 2.57. The van der Waals surface area contributed by atoms with Gasteiger partial charge in [-0.25, -0.2) is 9.97 Å². The molecular formula is C17H17ClN4O. The molecule has 118 valence electrons. The number of carbonyl (C=O) groups excluding carboxylic acids is 1. The first-order valence-corrected chi connectivity index (χ1v) is 8.19. The van der Waals surface area contributed by atoms with E-state index >= 15 is 0 Å². The van der Waals surface area contributed by atoms with E-state index in [4.69, 9.17) is 11.6 Å². The molecule has 6 heteroatoms. The van der Waals surface area contributed by atoms with Crippen molar-refractivity contribution in [2.75, 3.05) is 0 Å². The fraction of sp³-hybridized carbons (Fsp3) is 0.412. The third kappa shape index (κ3) is 3.43. The third-order valence-electron chi connectivity index (χ3n) is 4.17. The molecule has 1 fully saturated rings. The van der Waals surface area contributed by atoms with Gasteiger partial charge in [-0.3, -0.25) is 4.79 Å². The number of hydrogen-bond donors (Lipinski definition) is 1. The van der Waals surface area contributed by atoms with Crippen LogP contribution in [-0.4, -0.2) is 21.9 Å². The molecule has 1 N–H and O–H groups in total. The number of carbonyl (C=O) groups is 1. The molecule has 1 aliphatic rings. The van der Waals surface area contributed by atoms with E-state index in [0.29, 0.717) is 11.0 Å². The Morgan fingerprint density at radius 3 is 2.52 bits per heavy atom. The van der Waals surface area contributed by atoms with Crippen molar-refractivity contribution in [3.8, 4) is 6.07 Å². The van der Waals surface area contributed by atoms with Crippen molar-refractivity contribution in [1.82, 2.24) is 15.3 Å². The van der Waals surface area contributed by atoms with E-state index in [9.17, 15) is 10.1 Å². The quantitative estimate of drug-likeness (QED) is 0.937. The van der Waals surface area contributed by atoms with Gasteiger partial charge in [-0.05, 0) is 25.0 Å². The van der Waals surface area contributed by atoms with Crippen LogP contribution in [0, 0.1) is 11.3 Å². The zero-order chi connectivity index (χ0) is 16.2. The maximum Gasteiger partial charge on any atom is 0.243 e. The molecule has 0 radical (unpaired) electrons. The molecule has 23 heavy (non-hydrogen) atoms. The number of nitriles is 1. The number of benzene rings is 1. The molecule has 1 unspecified atom stereocenters. The van der Waals surface area contributed by atoms with Gasteiger partial charge >= 0.3 is 0 Å². The summed E-state index contributed by atoms with van der Waals surface area (Å²) in [5, 5.41) is 12.5. The van der Waals surface area contributed by atoms with Crippen molar-refractivity contribution in [3.63, 3.8) is 0 Å². The molecule has 1 aliphatic carbocycles. The number of rotatable bonds is 3. The van der Waals surface area contributed by atoms with Crippen molar-refractivity contribution in [2.45, 2.75) is 44.1 Å². The van der Waals surface area contributed by atoms with E-state index in [0.717, 1.165) is 25.7 Å². The highest BCUT2D eigenvalue weighted by Crippen LogP contribution is 2.25. The Balaban J connectivity index is 1.86. The number of para-hydroxylation sites is 2. The number of nitrogens with one attached hydrogen (secondary N) is 1. The van der Waals surface area contributed by atoms with Crippen LogP contribution in [0.25, 0.3) is 11.0 Å². The molecule has 1 aromatic heterocycles. The van der Waals surface area contributed by atoms with Crippen LogP contribution in [-0.2, 0) is 4.79 Å². The first kappa shape index (κ1) is 15.7. The molecule has 0 spiro atoms. The van der Waals surface area contributed by atoms with Crippen LogP contribution < -0.4 is 5.32 Å². The summed E-state index contributed by atoms with van der Waals surface area (Å²) in [6.45, 7) is 0. The van der Waals surface area contributed by atoms with Gasteiger partial charge in [-0.1, -0.05) is 43.0 Å². The van der Waals surface area contributed by atoms with Gasteiger partial charge in [-0.15, -0.1) is 0 Å². The Bertz CT molecular complexity index is 765. The summed E-state index contributed by atoms with van der Waals surface area (Å²) in [6, 6.07) is 9.40. The number of fused-ring (bicyclic) bond motifs is 1. The minimum atomic E-state index is -1.04. The van der Waals surface area contributed by atoms with E-state index in [2.05, 4.69) is 15.3 Å². The normalized spacial score (nSPS) is 16.7. The number of halogens is 1. The van der Waals surface area contributed by atoms with E-state index in [1.54, 1.807) is 12.1 Å². The molecule has 2 aromatic rings. The van der Waals surface area contributed by atoms with Gasteiger partial charge in [0, 0.05) is 6.04 Å². The summed E-state index contributed by atoms with van der Waals surface area (Å²) in [6.07, 6.45) is 5.34. The largest absolute Gasteiger partial charge is 0.352 e. The fourth-order valence-corrected chi connectivity index (χ4v) is 3.19. The highest BCUT2D eigenvalue weighted by molar-refractivity contribution is 6.30. The van der Waals surface area contributed by atoms with Crippen LogP contribution in [0.4, 0.5) is 0 Å². The standard InChI is InChI=1S/C17H17ClN4O/c18-16-15(21-13-8-4-5-9-14(13)22-16)12(10-19)17(23)20-11-6-2-1-3-7-11/h4-5,8-9,11-12H,1-3,6-7H2,(H,20,23). The Labute approximate surface area is 139 Å². The molecule has 0 bridgehead atoms. The maximum absolute atomic E-state index is 12.5. The van der Waals surface area contributed by atoms with Gasteiger partial charge in [-0.2, -0.15) is 5.26 Å². The summed E-state index contributed by atoms with van der Waals surface area (Å²) < 4.78 is 0. The zero-order valence-corrected chi connectivity index (χ0v) is 13.4. The van der Waals surface area contributed by atoms with Gasteiger partial charge in [0.05, 0.1) is 17.1 Å². The molecule has 1 aromatic carbocycles. The summed E-state index contributed by atoms with van der Waals surface area (Å²) in [5.41, 5.74) is 1.49.